The number of aromatic nitrogens is 3. The maximum Gasteiger partial charge on any atom is 0.417 e. The van der Waals surface area contributed by atoms with Gasteiger partial charge in [-0.05, 0) is 30.3 Å². The zero-order valence-corrected chi connectivity index (χ0v) is 12.0. The van der Waals surface area contributed by atoms with Gasteiger partial charge < -0.3 is 10.7 Å². The standard InChI is InChI=1S/C13H8BrF3N4/c14-6-1-2-7(8(5-6)13(15,16)17)11-19-9-3-4-10(18)20-12(9)21-11/h1-5H,(H3,18,19,20,21). The molecule has 0 saturated heterocycles. The first-order valence-electron chi connectivity index (χ1n) is 5.84. The van der Waals surface area contributed by atoms with Gasteiger partial charge in [0.1, 0.15) is 11.6 Å². The zero-order valence-electron chi connectivity index (χ0n) is 10.4. The number of benzene rings is 1. The molecule has 3 rings (SSSR count). The lowest BCUT2D eigenvalue weighted by Gasteiger charge is -2.11. The van der Waals surface area contributed by atoms with Crippen molar-refractivity contribution in [2.24, 2.45) is 0 Å². The highest BCUT2D eigenvalue weighted by atomic mass is 79.9. The van der Waals surface area contributed by atoms with Crippen molar-refractivity contribution in [3.05, 3.63) is 40.4 Å². The van der Waals surface area contributed by atoms with Gasteiger partial charge in [-0.2, -0.15) is 13.2 Å². The molecule has 3 aromatic rings. The van der Waals surface area contributed by atoms with Crippen LogP contribution in [0.2, 0.25) is 0 Å². The van der Waals surface area contributed by atoms with Gasteiger partial charge in [-0.25, -0.2) is 9.97 Å². The molecule has 0 aliphatic carbocycles. The summed E-state index contributed by atoms with van der Waals surface area (Å²) in [7, 11) is 0. The molecule has 0 bridgehead atoms. The van der Waals surface area contributed by atoms with Crippen LogP contribution >= 0.6 is 15.9 Å². The Bertz CT molecular complexity index is 826. The van der Waals surface area contributed by atoms with Crippen LogP contribution in [-0.4, -0.2) is 15.0 Å². The average molecular weight is 357 g/mol. The summed E-state index contributed by atoms with van der Waals surface area (Å²) in [6.07, 6.45) is -4.48. The van der Waals surface area contributed by atoms with E-state index in [9.17, 15) is 13.2 Å². The van der Waals surface area contributed by atoms with E-state index in [1.165, 1.54) is 12.1 Å². The van der Waals surface area contributed by atoms with E-state index in [0.29, 0.717) is 9.99 Å². The minimum atomic E-state index is -4.48. The maximum absolute atomic E-state index is 13.1. The van der Waals surface area contributed by atoms with E-state index in [0.717, 1.165) is 6.07 Å². The number of halogens is 4. The van der Waals surface area contributed by atoms with E-state index in [1.54, 1.807) is 12.1 Å². The molecule has 0 aliphatic heterocycles. The second-order valence-electron chi connectivity index (χ2n) is 4.38. The molecule has 0 fully saturated rings. The zero-order chi connectivity index (χ0) is 15.2. The van der Waals surface area contributed by atoms with Gasteiger partial charge in [-0.1, -0.05) is 15.9 Å². The number of H-pyrrole nitrogens is 1. The molecule has 0 atom stereocenters. The molecule has 0 spiro atoms. The number of nitrogens with one attached hydrogen (secondary N) is 1. The van der Waals surface area contributed by atoms with Crippen molar-refractivity contribution in [2.45, 2.75) is 6.18 Å². The predicted octanol–water partition coefficient (Wildman–Crippen LogP) is 3.99. The van der Waals surface area contributed by atoms with Gasteiger partial charge in [0.2, 0.25) is 0 Å². The number of rotatable bonds is 1. The van der Waals surface area contributed by atoms with Crippen molar-refractivity contribution in [1.29, 1.82) is 0 Å². The molecule has 4 nitrogen and oxygen atoms in total. The van der Waals surface area contributed by atoms with E-state index in [4.69, 9.17) is 5.73 Å². The van der Waals surface area contributed by atoms with Crippen LogP contribution in [0.3, 0.4) is 0 Å². The number of alkyl halides is 3. The first kappa shape index (κ1) is 13.9. The second kappa shape index (κ2) is 4.73. The Morgan fingerprint density at radius 2 is 1.86 bits per heavy atom. The van der Waals surface area contributed by atoms with Crippen LogP contribution in [0.15, 0.2) is 34.8 Å². The normalized spacial score (nSPS) is 12.0. The van der Waals surface area contributed by atoms with Crippen LogP contribution in [-0.2, 0) is 6.18 Å². The Balaban J connectivity index is 2.22. The number of fused-ring (bicyclic) bond motifs is 1. The number of nitrogens with two attached hydrogens (primary N) is 1. The number of hydrogen-bond donors (Lipinski definition) is 2. The van der Waals surface area contributed by atoms with E-state index in [2.05, 4.69) is 30.9 Å². The maximum atomic E-state index is 13.1. The molecule has 0 amide bonds. The summed E-state index contributed by atoms with van der Waals surface area (Å²) in [4.78, 5) is 10.9. The Kier molecular flexibility index (Phi) is 3.12. The lowest BCUT2D eigenvalue weighted by Crippen LogP contribution is -2.07. The van der Waals surface area contributed by atoms with Crippen LogP contribution in [0.5, 0.6) is 0 Å². The minimum absolute atomic E-state index is 0.0396. The van der Waals surface area contributed by atoms with E-state index in [1.807, 2.05) is 0 Å². The van der Waals surface area contributed by atoms with Gasteiger partial charge in [0.25, 0.3) is 0 Å². The minimum Gasteiger partial charge on any atom is -0.384 e. The number of nitrogen functional groups attached to an aromatic ring is 1. The number of aromatic amines is 1. The Morgan fingerprint density at radius 1 is 1.10 bits per heavy atom. The third-order valence-electron chi connectivity index (χ3n) is 2.91. The molecule has 1 aromatic carbocycles. The topological polar surface area (TPSA) is 67.6 Å². The summed E-state index contributed by atoms with van der Waals surface area (Å²) in [6, 6.07) is 7.08. The summed E-state index contributed by atoms with van der Waals surface area (Å²) in [6.45, 7) is 0. The average Bonchev–Trinajstić information content (AvgIpc) is 2.80. The van der Waals surface area contributed by atoms with Crippen LogP contribution in [0.4, 0.5) is 19.0 Å². The number of imidazole rings is 1. The van der Waals surface area contributed by atoms with Gasteiger partial charge in [0.05, 0.1) is 11.1 Å². The Morgan fingerprint density at radius 3 is 2.57 bits per heavy atom. The van der Waals surface area contributed by atoms with Crippen molar-refractivity contribution < 1.29 is 13.2 Å². The van der Waals surface area contributed by atoms with Gasteiger partial charge in [-0.3, -0.25) is 0 Å². The number of anilines is 1. The number of pyridine rings is 1. The highest BCUT2D eigenvalue weighted by Crippen LogP contribution is 2.38. The Hall–Kier alpha value is -2.09. The second-order valence-corrected chi connectivity index (χ2v) is 5.30. The molecule has 0 saturated carbocycles. The molecule has 0 unspecified atom stereocenters. The lowest BCUT2D eigenvalue weighted by molar-refractivity contribution is -0.137. The monoisotopic (exact) mass is 356 g/mol. The summed E-state index contributed by atoms with van der Waals surface area (Å²) in [5, 5.41) is 0. The van der Waals surface area contributed by atoms with Crippen LogP contribution < -0.4 is 5.73 Å². The third-order valence-corrected chi connectivity index (χ3v) is 3.40. The number of nitrogens with zero attached hydrogens (tertiary/aromatic N) is 2. The van der Waals surface area contributed by atoms with Gasteiger partial charge >= 0.3 is 6.18 Å². The summed E-state index contributed by atoms with van der Waals surface area (Å²) < 4.78 is 39.8. The molecule has 0 aliphatic rings. The van der Waals surface area contributed by atoms with Gasteiger partial charge in [0, 0.05) is 10.0 Å². The lowest BCUT2D eigenvalue weighted by atomic mass is 10.1. The molecule has 8 heteroatoms. The van der Waals surface area contributed by atoms with Crippen molar-refractivity contribution in [1.82, 2.24) is 15.0 Å². The largest absolute Gasteiger partial charge is 0.417 e. The fraction of sp³-hybridized carbons (Fsp3) is 0.0769. The summed E-state index contributed by atoms with van der Waals surface area (Å²) in [5.74, 6) is 0.357. The smallest absolute Gasteiger partial charge is 0.384 e. The van der Waals surface area contributed by atoms with Crippen molar-refractivity contribution in [2.75, 3.05) is 5.73 Å². The van der Waals surface area contributed by atoms with Crippen LogP contribution in [0.1, 0.15) is 5.56 Å². The molecule has 3 N–H and O–H groups in total. The van der Waals surface area contributed by atoms with Crippen molar-refractivity contribution in [3.63, 3.8) is 0 Å². The quantitative estimate of drug-likeness (QED) is 0.692. The molecule has 2 aromatic heterocycles. The third kappa shape index (κ3) is 2.58. The van der Waals surface area contributed by atoms with Crippen molar-refractivity contribution >= 4 is 32.9 Å². The van der Waals surface area contributed by atoms with Crippen LogP contribution in [0, 0.1) is 0 Å². The molecule has 21 heavy (non-hydrogen) atoms. The van der Waals surface area contributed by atoms with Gasteiger partial charge in [0.15, 0.2) is 5.65 Å². The van der Waals surface area contributed by atoms with E-state index >= 15 is 0 Å². The van der Waals surface area contributed by atoms with E-state index < -0.39 is 11.7 Å². The molecule has 108 valence electrons. The first-order chi connectivity index (χ1) is 9.84. The molecule has 0 radical (unpaired) electrons. The van der Waals surface area contributed by atoms with Gasteiger partial charge in [-0.15, -0.1) is 0 Å². The van der Waals surface area contributed by atoms with E-state index in [-0.39, 0.29) is 22.9 Å². The highest BCUT2D eigenvalue weighted by Gasteiger charge is 2.34. The predicted molar refractivity (Wildman–Crippen MR) is 76.4 cm³/mol. The number of hydrogen-bond acceptors (Lipinski definition) is 3. The fourth-order valence-corrected chi connectivity index (χ4v) is 2.35. The SMILES string of the molecule is Nc1ccc2[nH]c(-c3ccc(Br)cc3C(F)(F)F)nc2n1. The fourth-order valence-electron chi connectivity index (χ4n) is 1.99. The first-order valence-corrected chi connectivity index (χ1v) is 6.63. The highest BCUT2D eigenvalue weighted by molar-refractivity contribution is 9.10. The Labute approximate surface area is 125 Å². The summed E-state index contributed by atoms with van der Waals surface area (Å²) >= 11 is 3.05. The molecular formula is C13H8BrF3N4. The molecular weight excluding hydrogens is 349 g/mol. The van der Waals surface area contributed by atoms with Crippen LogP contribution in [0.25, 0.3) is 22.6 Å². The molecule has 2 heterocycles. The van der Waals surface area contributed by atoms with Crippen molar-refractivity contribution in [3.8, 4) is 11.4 Å². The summed E-state index contributed by atoms with van der Waals surface area (Å²) in [5.41, 5.74) is 5.53.